The fourth-order valence-corrected chi connectivity index (χ4v) is 1.66. The quantitative estimate of drug-likeness (QED) is 0.534. The van der Waals surface area contributed by atoms with Crippen LogP contribution in [0.25, 0.3) is 0 Å². The van der Waals surface area contributed by atoms with Gasteiger partial charge in [-0.1, -0.05) is 12.1 Å². The Morgan fingerprint density at radius 1 is 0.889 bits per heavy atom. The van der Waals surface area contributed by atoms with Crippen LogP contribution in [-0.4, -0.2) is 65.4 Å². The largest absolute Gasteiger partial charge is 0.469 e. The van der Waals surface area contributed by atoms with Crippen LogP contribution in [0.15, 0.2) is 73.4 Å². The molecule has 36 heavy (non-hydrogen) atoms. The predicted octanol–water partition coefficient (Wildman–Crippen LogP) is 3.89. The molecule has 1 N–H and O–H groups in total. The first kappa shape index (κ1) is 34.0. The lowest BCUT2D eigenvalue weighted by Crippen LogP contribution is -2.22. The molecule has 2 amide bonds. The van der Waals surface area contributed by atoms with Crippen molar-refractivity contribution >= 4 is 17.8 Å². The molecular weight excluding hydrogens is 458 g/mol. The molecule has 3 aromatic heterocycles. The van der Waals surface area contributed by atoms with Gasteiger partial charge in [0, 0.05) is 76.7 Å². The fraction of sp³-hybridized carbons (Fsp3) is 0.333. The average molecular weight is 498 g/mol. The Morgan fingerprint density at radius 2 is 1.47 bits per heavy atom. The number of esters is 1. The van der Waals surface area contributed by atoms with Crippen molar-refractivity contribution in [3.8, 4) is 0 Å². The number of aryl methyl sites for hydroxylation is 2. The summed E-state index contributed by atoms with van der Waals surface area (Å²) in [6.45, 7) is 9.42. The third-order valence-corrected chi connectivity index (χ3v) is 3.82. The molecule has 0 saturated heterocycles. The number of amides is 2. The Labute approximate surface area is 215 Å². The molecule has 0 aromatic carbocycles. The van der Waals surface area contributed by atoms with Crippen molar-refractivity contribution in [3.05, 3.63) is 90.3 Å². The first-order chi connectivity index (χ1) is 17.0. The summed E-state index contributed by atoms with van der Waals surface area (Å²) in [5.74, 6) is -0.199. The molecule has 0 spiro atoms. The SMILES string of the molecule is CC(=O)N(C)C.CCNC(=O)c1ccncc1.COC(C)=O.Cc1ccccn1.Cc1cccnc1. The van der Waals surface area contributed by atoms with Crippen LogP contribution in [0.5, 0.6) is 0 Å². The molecule has 0 atom stereocenters. The maximum absolute atomic E-state index is 11.1. The van der Waals surface area contributed by atoms with Crippen molar-refractivity contribution in [2.75, 3.05) is 27.7 Å². The highest BCUT2D eigenvalue weighted by Crippen LogP contribution is 1.94. The zero-order chi connectivity index (χ0) is 27.8. The van der Waals surface area contributed by atoms with Gasteiger partial charge >= 0.3 is 5.97 Å². The highest BCUT2D eigenvalue weighted by Gasteiger charge is 2.00. The fourth-order valence-electron chi connectivity index (χ4n) is 1.66. The lowest BCUT2D eigenvalue weighted by atomic mass is 10.2. The van der Waals surface area contributed by atoms with Gasteiger partial charge in [0.2, 0.25) is 5.91 Å². The van der Waals surface area contributed by atoms with Gasteiger partial charge in [-0.2, -0.15) is 0 Å². The Kier molecular flexibility index (Phi) is 21.4. The number of carbonyl (C=O) groups excluding carboxylic acids is 3. The maximum Gasteiger partial charge on any atom is 0.302 e. The molecule has 196 valence electrons. The molecule has 3 heterocycles. The zero-order valence-corrected chi connectivity index (χ0v) is 22.6. The number of hydrogen-bond donors (Lipinski definition) is 1. The Balaban J connectivity index is 0. The molecule has 9 heteroatoms. The van der Waals surface area contributed by atoms with E-state index in [1.54, 1.807) is 51.0 Å². The number of methoxy groups -OCH3 is 1. The van der Waals surface area contributed by atoms with Gasteiger partial charge in [-0.05, 0) is 56.7 Å². The van der Waals surface area contributed by atoms with Crippen LogP contribution < -0.4 is 5.32 Å². The minimum atomic E-state index is -0.245. The Morgan fingerprint density at radius 3 is 1.75 bits per heavy atom. The summed E-state index contributed by atoms with van der Waals surface area (Å²) in [6, 6.07) is 13.2. The smallest absolute Gasteiger partial charge is 0.302 e. The van der Waals surface area contributed by atoms with Gasteiger partial charge in [0.15, 0.2) is 0 Å². The number of rotatable bonds is 2. The van der Waals surface area contributed by atoms with Gasteiger partial charge in [0.05, 0.1) is 7.11 Å². The zero-order valence-electron chi connectivity index (χ0n) is 22.6. The first-order valence-corrected chi connectivity index (χ1v) is 11.2. The van der Waals surface area contributed by atoms with E-state index in [0.29, 0.717) is 12.1 Å². The lowest BCUT2D eigenvalue weighted by Gasteiger charge is -2.02. The van der Waals surface area contributed by atoms with E-state index in [9.17, 15) is 14.4 Å². The van der Waals surface area contributed by atoms with Crippen molar-refractivity contribution in [1.29, 1.82) is 0 Å². The average Bonchev–Trinajstić information content (AvgIpc) is 2.87. The van der Waals surface area contributed by atoms with Crippen LogP contribution in [-0.2, 0) is 14.3 Å². The van der Waals surface area contributed by atoms with Crippen LogP contribution >= 0.6 is 0 Å². The van der Waals surface area contributed by atoms with Gasteiger partial charge in [-0.15, -0.1) is 0 Å². The normalized spacial score (nSPS) is 8.44. The van der Waals surface area contributed by atoms with Crippen LogP contribution in [0.3, 0.4) is 0 Å². The van der Waals surface area contributed by atoms with Gasteiger partial charge in [0.25, 0.3) is 5.91 Å². The molecule has 9 nitrogen and oxygen atoms in total. The molecule has 3 aromatic rings. The predicted molar refractivity (Wildman–Crippen MR) is 142 cm³/mol. The molecule has 0 aliphatic carbocycles. The van der Waals surface area contributed by atoms with E-state index in [-0.39, 0.29) is 17.8 Å². The molecule has 0 radical (unpaired) electrons. The molecule has 0 bridgehead atoms. The van der Waals surface area contributed by atoms with Crippen LogP contribution in [0.4, 0.5) is 0 Å². The van der Waals surface area contributed by atoms with Gasteiger partial charge in [0.1, 0.15) is 0 Å². The summed E-state index contributed by atoms with van der Waals surface area (Å²) in [7, 11) is 4.80. The summed E-state index contributed by atoms with van der Waals surface area (Å²) >= 11 is 0. The van der Waals surface area contributed by atoms with Crippen molar-refractivity contribution in [3.63, 3.8) is 0 Å². The van der Waals surface area contributed by atoms with Crippen LogP contribution in [0.2, 0.25) is 0 Å². The second-order valence-electron chi connectivity index (χ2n) is 7.21. The molecule has 0 fully saturated rings. The number of carbonyl (C=O) groups is 3. The van der Waals surface area contributed by atoms with E-state index in [2.05, 4.69) is 25.0 Å². The monoisotopic (exact) mass is 497 g/mol. The minimum Gasteiger partial charge on any atom is -0.469 e. The summed E-state index contributed by atoms with van der Waals surface area (Å²) in [6.07, 6.45) is 8.59. The van der Waals surface area contributed by atoms with Gasteiger partial charge in [-0.25, -0.2) is 0 Å². The maximum atomic E-state index is 11.1. The van der Waals surface area contributed by atoms with Gasteiger partial charge in [-0.3, -0.25) is 29.3 Å². The third-order valence-electron chi connectivity index (χ3n) is 3.82. The lowest BCUT2D eigenvalue weighted by molar-refractivity contribution is -0.138. The van der Waals surface area contributed by atoms with E-state index in [1.165, 1.54) is 31.4 Å². The Hall–Kier alpha value is -4.14. The topological polar surface area (TPSA) is 114 Å². The second-order valence-corrected chi connectivity index (χ2v) is 7.21. The standard InChI is InChI=1S/C8H10N2O.2C6H7N.C4H9NO.C3H6O2/c1-2-10-8(11)7-3-5-9-6-4-7;1-6-3-2-4-7-5-6;1-6-4-2-3-5-7-6;1-4(6)5(2)3;1-3(4)5-2/h3-6H,2H2,1H3,(H,10,11);2*2-5H,1H3;1-3H3;1-2H3. The van der Waals surface area contributed by atoms with Gasteiger partial charge < -0.3 is 15.0 Å². The number of pyridine rings is 3. The molecule has 0 aliphatic rings. The molecule has 0 saturated carbocycles. The highest BCUT2D eigenvalue weighted by molar-refractivity contribution is 5.93. The number of nitrogens with zero attached hydrogens (tertiary/aromatic N) is 4. The minimum absolute atomic E-state index is 0.0464. The molecular formula is C27H39N5O4. The number of nitrogens with one attached hydrogen (secondary N) is 1. The van der Waals surface area contributed by atoms with Crippen molar-refractivity contribution in [1.82, 2.24) is 25.2 Å². The number of hydrogen-bond acceptors (Lipinski definition) is 7. The second kappa shape index (κ2) is 22.6. The van der Waals surface area contributed by atoms with E-state index >= 15 is 0 Å². The summed E-state index contributed by atoms with van der Waals surface area (Å²) in [5.41, 5.74) is 2.94. The number of ether oxygens (including phenoxy) is 1. The van der Waals surface area contributed by atoms with Crippen molar-refractivity contribution < 1.29 is 19.1 Å². The summed E-state index contributed by atoms with van der Waals surface area (Å²) in [5, 5.41) is 2.70. The van der Waals surface area contributed by atoms with Crippen molar-refractivity contribution in [2.24, 2.45) is 0 Å². The van der Waals surface area contributed by atoms with E-state index < -0.39 is 0 Å². The molecule has 0 unspecified atom stereocenters. The summed E-state index contributed by atoms with van der Waals surface area (Å²) in [4.78, 5) is 44.0. The van der Waals surface area contributed by atoms with E-state index in [0.717, 1.165) is 5.69 Å². The van der Waals surface area contributed by atoms with E-state index in [4.69, 9.17) is 0 Å². The van der Waals surface area contributed by atoms with E-state index in [1.807, 2.05) is 57.3 Å². The molecule has 3 rings (SSSR count). The number of aromatic nitrogens is 3. The highest BCUT2D eigenvalue weighted by atomic mass is 16.5. The Bertz CT molecular complexity index is 916. The molecule has 0 aliphatic heterocycles. The van der Waals surface area contributed by atoms with Crippen LogP contribution in [0, 0.1) is 13.8 Å². The third kappa shape index (κ3) is 23.0. The first-order valence-electron chi connectivity index (χ1n) is 11.2. The van der Waals surface area contributed by atoms with Crippen molar-refractivity contribution in [2.45, 2.75) is 34.6 Å². The van der Waals surface area contributed by atoms with Crippen LogP contribution in [0.1, 0.15) is 42.4 Å². The summed E-state index contributed by atoms with van der Waals surface area (Å²) < 4.78 is 4.11.